The van der Waals surface area contributed by atoms with E-state index in [1.807, 2.05) is 0 Å². The van der Waals surface area contributed by atoms with E-state index < -0.39 is 18.0 Å². The Balaban J connectivity index is 2.13. The summed E-state index contributed by atoms with van der Waals surface area (Å²) < 4.78 is 6.99. The van der Waals surface area contributed by atoms with Gasteiger partial charge in [0.15, 0.2) is 0 Å². The molecule has 1 aliphatic heterocycles. The molecule has 1 saturated heterocycles. The second-order valence-electron chi connectivity index (χ2n) is 5.37. The largest absolute Gasteiger partial charge is 0.390 e. The average molecular weight is 307 g/mol. The molecule has 0 bridgehead atoms. The first kappa shape index (κ1) is 16.4. The number of anilines is 1. The molecular weight excluding hydrogens is 286 g/mol. The van der Waals surface area contributed by atoms with Gasteiger partial charge < -0.3 is 15.2 Å². The Morgan fingerprint density at radius 1 is 1.55 bits per heavy atom. The summed E-state index contributed by atoms with van der Waals surface area (Å²) in [5.41, 5.74) is 0.0499. The molecule has 2 heterocycles. The number of aliphatic hydroxyl groups excluding tert-OH is 1. The van der Waals surface area contributed by atoms with Crippen molar-refractivity contribution in [1.82, 2.24) is 9.55 Å². The average Bonchev–Trinajstić information content (AvgIpc) is 2.49. The van der Waals surface area contributed by atoms with Gasteiger partial charge in [0, 0.05) is 11.8 Å². The van der Waals surface area contributed by atoms with E-state index in [9.17, 15) is 14.7 Å². The number of aromatic nitrogens is 2. The molecule has 1 amide bonds. The lowest BCUT2D eigenvalue weighted by Gasteiger charge is -2.32. The van der Waals surface area contributed by atoms with Gasteiger partial charge in [0.2, 0.25) is 0 Å². The van der Waals surface area contributed by atoms with Crippen LogP contribution in [0.15, 0.2) is 28.7 Å². The molecule has 0 aliphatic carbocycles. The van der Waals surface area contributed by atoms with Crippen LogP contribution in [0.3, 0.4) is 0 Å². The summed E-state index contributed by atoms with van der Waals surface area (Å²) >= 11 is 0. The van der Waals surface area contributed by atoms with E-state index in [1.165, 1.54) is 4.57 Å². The first-order valence-electron chi connectivity index (χ1n) is 7.29. The lowest BCUT2D eigenvalue weighted by Crippen LogP contribution is -2.39. The predicted molar refractivity (Wildman–Crippen MR) is 81.4 cm³/mol. The van der Waals surface area contributed by atoms with Gasteiger partial charge >= 0.3 is 5.69 Å². The first-order chi connectivity index (χ1) is 10.4. The topological polar surface area (TPSA) is 93.5 Å². The Kier molecular flexibility index (Phi) is 5.10. The minimum absolute atomic E-state index is 0.205. The minimum Gasteiger partial charge on any atom is -0.390 e. The quantitative estimate of drug-likeness (QED) is 0.819. The normalized spacial score (nSPS) is 25.8. The third-order valence-corrected chi connectivity index (χ3v) is 3.80. The maximum absolute atomic E-state index is 12.1. The van der Waals surface area contributed by atoms with Crippen LogP contribution in [0.5, 0.6) is 0 Å². The molecule has 0 aromatic carbocycles. The second-order valence-corrected chi connectivity index (χ2v) is 5.37. The molecule has 0 saturated carbocycles. The lowest BCUT2D eigenvalue weighted by molar-refractivity contribution is -0.139. The van der Waals surface area contributed by atoms with Crippen molar-refractivity contribution in [3.05, 3.63) is 34.4 Å². The molecule has 7 nitrogen and oxygen atoms in total. The van der Waals surface area contributed by atoms with E-state index in [2.05, 4.69) is 10.3 Å². The second kappa shape index (κ2) is 6.85. The van der Waals surface area contributed by atoms with E-state index in [0.717, 1.165) is 0 Å². The molecule has 1 aliphatic rings. The molecular formula is C15H21N3O4. The number of allylic oxidation sites excluding steroid dienone is 1. The van der Waals surface area contributed by atoms with Gasteiger partial charge in [0.05, 0.1) is 12.2 Å². The van der Waals surface area contributed by atoms with Gasteiger partial charge in [-0.2, -0.15) is 4.98 Å². The van der Waals surface area contributed by atoms with Crippen molar-refractivity contribution in [3.63, 3.8) is 0 Å². The molecule has 22 heavy (non-hydrogen) atoms. The van der Waals surface area contributed by atoms with E-state index in [0.29, 0.717) is 18.4 Å². The standard InChI is InChI=1S/C15H21N3O4/c1-4-9(2)14(20)16-12-7-8-18(15(21)17-12)13-6-5-11(19)10(3)22-13/h4,7-8,10-11,13,19H,5-6H2,1-3H3,(H,16,17,20,21). The van der Waals surface area contributed by atoms with E-state index >= 15 is 0 Å². The Labute approximate surface area is 128 Å². The summed E-state index contributed by atoms with van der Waals surface area (Å²) in [7, 11) is 0. The number of hydrogen-bond acceptors (Lipinski definition) is 5. The number of nitrogens with one attached hydrogen (secondary N) is 1. The zero-order valence-electron chi connectivity index (χ0n) is 12.9. The minimum atomic E-state index is -0.512. The molecule has 3 atom stereocenters. The van der Waals surface area contributed by atoms with Gasteiger partial charge in [-0.3, -0.25) is 9.36 Å². The number of rotatable bonds is 3. The third-order valence-electron chi connectivity index (χ3n) is 3.80. The fraction of sp³-hybridized carbons (Fsp3) is 0.533. The Morgan fingerprint density at radius 2 is 2.27 bits per heavy atom. The molecule has 0 spiro atoms. The summed E-state index contributed by atoms with van der Waals surface area (Å²) in [6.45, 7) is 5.21. The lowest BCUT2D eigenvalue weighted by atomic mass is 10.1. The third kappa shape index (κ3) is 3.61. The number of nitrogens with zero attached hydrogens (tertiary/aromatic N) is 2. The number of aliphatic hydroxyl groups is 1. The van der Waals surface area contributed by atoms with Crippen molar-refractivity contribution >= 4 is 11.7 Å². The van der Waals surface area contributed by atoms with Crippen molar-refractivity contribution in [1.29, 1.82) is 0 Å². The monoisotopic (exact) mass is 307 g/mol. The number of amides is 1. The van der Waals surface area contributed by atoms with Crippen molar-refractivity contribution in [2.24, 2.45) is 0 Å². The Hall–Kier alpha value is -1.99. The van der Waals surface area contributed by atoms with E-state index in [1.54, 1.807) is 39.1 Å². The first-order valence-corrected chi connectivity index (χ1v) is 7.29. The molecule has 2 N–H and O–H groups in total. The summed E-state index contributed by atoms with van der Waals surface area (Å²) in [6.07, 6.45) is 3.04. The predicted octanol–water partition coefficient (Wildman–Crippen LogP) is 1.21. The molecule has 2 rings (SSSR count). The number of ether oxygens (including phenoxy) is 1. The van der Waals surface area contributed by atoms with Crippen LogP contribution in [-0.2, 0) is 9.53 Å². The Morgan fingerprint density at radius 3 is 2.86 bits per heavy atom. The van der Waals surface area contributed by atoms with Crippen LogP contribution in [0.25, 0.3) is 0 Å². The van der Waals surface area contributed by atoms with Crippen molar-refractivity contribution in [2.45, 2.75) is 52.0 Å². The van der Waals surface area contributed by atoms with E-state index in [4.69, 9.17) is 4.74 Å². The maximum Gasteiger partial charge on any atom is 0.351 e. The van der Waals surface area contributed by atoms with Gasteiger partial charge in [-0.1, -0.05) is 6.08 Å². The van der Waals surface area contributed by atoms with Gasteiger partial charge in [-0.15, -0.1) is 0 Å². The van der Waals surface area contributed by atoms with Crippen molar-refractivity contribution in [3.8, 4) is 0 Å². The highest BCUT2D eigenvalue weighted by Gasteiger charge is 2.28. The Bertz CT molecular complexity index is 638. The maximum atomic E-state index is 12.1. The van der Waals surface area contributed by atoms with Gasteiger partial charge in [0.25, 0.3) is 5.91 Å². The van der Waals surface area contributed by atoms with Crippen molar-refractivity contribution < 1.29 is 14.6 Å². The van der Waals surface area contributed by atoms with Crippen LogP contribution in [0, 0.1) is 0 Å². The van der Waals surface area contributed by atoms with Crippen LogP contribution in [0.1, 0.15) is 39.8 Å². The fourth-order valence-electron chi connectivity index (χ4n) is 2.21. The summed E-state index contributed by atoms with van der Waals surface area (Å²) in [4.78, 5) is 27.7. The molecule has 1 fully saturated rings. The highest BCUT2D eigenvalue weighted by Crippen LogP contribution is 2.25. The van der Waals surface area contributed by atoms with Crippen molar-refractivity contribution in [2.75, 3.05) is 5.32 Å². The van der Waals surface area contributed by atoms with E-state index in [-0.39, 0.29) is 17.8 Å². The van der Waals surface area contributed by atoms with Gasteiger partial charge in [0.1, 0.15) is 12.0 Å². The summed E-state index contributed by atoms with van der Waals surface area (Å²) in [5.74, 6) is -0.0887. The molecule has 3 unspecified atom stereocenters. The number of carbonyl (C=O) groups excluding carboxylic acids is 1. The van der Waals surface area contributed by atoms with Crippen LogP contribution >= 0.6 is 0 Å². The molecule has 0 radical (unpaired) electrons. The fourth-order valence-corrected chi connectivity index (χ4v) is 2.21. The SMILES string of the molecule is CC=C(C)C(=O)Nc1ccn(C2CCC(O)C(C)O2)c(=O)n1. The molecule has 7 heteroatoms. The zero-order chi connectivity index (χ0) is 16.3. The molecule has 1 aromatic heterocycles. The summed E-state index contributed by atoms with van der Waals surface area (Å²) in [5, 5.41) is 12.2. The zero-order valence-corrected chi connectivity index (χ0v) is 12.9. The van der Waals surface area contributed by atoms with Crippen LogP contribution in [-0.4, -0.2) is 32.8 Å². The van der Waals surface area contributed by atoms with Gasteiger partial charge in [-0.25, -0.2) is 4.79 Å². The smallest absolute Gasteiger partial charge is 0.351 e. The van der Waals surface area contributed by atoms with Crippen LogP contribution in [0.4, 0.5) is 5.82 Å². The number of hydrogen-bond donors (Lipinski definition) is 2. The molecule has 1 aromatic rings. The molecule has 120 valence electrons. The highest BCUT2D eigenvalue weighted by molar-refractivity contribution is 6.02. The van der Waals surface area contributed by atoms with Crippen LogP contribution < -0.4 is 11.0 Å². The van der Waals surface area contributed by atoms with Gasteiger partial charge in [-0.05, 0) is 39.7 Å². The summed E-state index contributed by atoms with van der Waals surface area (Å²) in [6, 6.07) is 1.56. The highest BCUT2D eigenvalue weighted by atomic mass is 16.5. The van der Waals surface area contributed by atoms with Crippen LogP contribution in [0.2, 0.25) is 0 Å². The number of carbonyl (C=O) groups is 1.